The van der Waals surface area contributed by atoms with Gasteiger partial charge in [-0.2, -0.15) is 0 Å². The Balaban J connectivity index is 2.14. The van der Waals surface area contributed by atoms with Crippen LogP contribution >= 0.6 is 0 Å². The molecule has 0 amide bonds. The molecular weight excluding hydrogens is 127 g/mol. The molecule has 1 rings (SSSR count). The smallest absolute Gasteiger partial charge is 0.103 e. The number of unbranched alkanes of at least 4 members (excludes halogenated alkanes) is 1. The largest absolute Gasteiger partial charge is 0.247 e. The number of halogens is 1. The molecule has 1 heteroatoms. The minimum absolute atomic E-state index is 0.417. The van der Waals surface area contributed by atoms with Crippen molar-refractivity contribution in [2.75, 3.05) is 0 Å². The van der Waals surface area contributed by atoms with E-state index < -0.39 is 6.17 Å². The molecule has 0 aromatic rings. The second-order valence-corrected chi connectivity index (χ2v) is 3.35. The fourth-order valence-electron chi connectivity index (χ4n) is 1.78. The molecule has 1 aliphatic rings. The SMILES string of the molecule is CCCCC1CCCC1F. The van der Waals surface area contributed by atoms with Crippen molar-refractivity contribution in [3.63, 3.8) is 0 Å². The molecule has 10 heavy (non-hydrogen) atoms. The van der Waals surface area contributed by atoms with E-state index in [9.17, 15) is 4.39 Å². The van der Waals surface area contributed by atoms with E-state index in [0.29, 0.717) is 5.92 Å². The molecule has 1 fully saturated rings. The van der Waals surface area contributed by atoms with Gasteiger partial charge in [-0.25, -0.2) is 4.39 Å². The standard InChI is InChI=1S/C9H17F/c1-2-3-5-8-6-4-7-9(8)10/h8-9H,2-7H2,1H3. The third kappa shape index (κ3) is 1.96. The van der Waals surface area contributed by atoms with Crippen molar-refractivity contribution in [1.82, 2.24) is 0 Å². The highest BCUT2D eigenvalue weighted by Gasteiger charge is 2.25. The summed E-state index contributed by atoms with van der Waals surface area (Å²) >= 11 is 0. The highest BCUT2D eigenvalue weighted by molar-refractivity contribution is 4.76. The Kier molecular flexibility index (Phi) is 3.17. The quantitative estimate of drug-likeness (QED) is 0.570. The molecule has 0 spiro atoms. The first kappa shape index (κ1) is 8.03. The summed E-state index contributed by atoms with van der Waals surface area (Å²) in [6.07, 6.45) is 6.17. The zero-order valence-corrected chi connectivity index (χ0v) is 6.78. The van der Waals surface area contributed by atoms with Crippen LogP contribution in [0.2, 0.25) is 0 Å². The van der Waals surface area contributed by atoms with Crippen molar-refractivity contribution in [1.29, 1.82) is 0 Å². The molecule has 0 aromatic carbocycles. The lowest BCUT2D eigenvalue weighted by atomic mass is 10.00. The Morgan fingerprint density at radius 2 is 2.20 bits per heavy atom. The van der Waals surface area contributed by atoms with Gasteiger partial charge in [-0.1, -0.05) is 26.2 Å². The van der Waals surface area contributed by atoms with Gasteiger partial charge in [0.15, 0.2) is 0 Å². The number of hydrogen-bond acceptors (Lipinski definition) is 0. The first-order valence-corrected chi connectivity index (χ1v) is 4.48. The van der Waals surface area contributed by atoms with Crippen LogP contribution in [0, 0.1) is 5.92 Å². The van der Waals surface area contributed by atoms with Crippen LogP contribution in [0.5, 0.6) is 0 Å². The van der Waals surface area contributed by atoms with Crippen molar-refractivity contribution >= 4 is 0 Å². The molecule has 2 atom stereocenters. The first-order valence-electron chi connectivity index (χ1n) is 4.48. The van der Waals surface area contributed by atoms with E-state index in [4.69, 9.17) is 0 Å². The van der Waals surface area contributed by atoms with E-state index in [2.05, 4.69) is 6.92 Å². The topological polar surface area (TPSA) is 0 Å². The molecule has 0 N–H and O–H groups in total. The summed E-state index contributed by atoms with van der Waals surface area (Å²) in [5.41, 5.74) is 0. The maximum absolute atomic E-state index is 12.9. The lowest BCUT2D eigenvalue weighted by molar-refractivity contribution is 0.249. The van der Waals surface area contributed by atoms with Crippen LogP contribution in [0.4, 0.5) is 4.39 Å². The van der Waals surface area contributed by atoms with E-state index in [1.807, 2.05) is 0 Å². The van der Waals surface area contributed by atoms with Gasteiger partial charge in [-0.05, 0) is 25.2 Å². The molecule has 0 bridgehead atoms. The Morgan fingerprint density at radius 3 is 2.70 bits per heavy atom. The van der Waals surface area contributed by atoms with Gasteiger partial charge in [0.05, 0.1) is 0 Å². The van der Waals surface area contributed by atoms with Crippen LogP contribution in [0.15, 0.2) is 0 Å². The van der Waals surface area contributed by atoms with Crippen molar-refractivity contribution in [3.05, 3.63) is 0 Å². The minimum atomic E-state index is -0.466. The highest BCUT2D eigenvalue weighted by atomic mass is 19.1. The van der Waals surface area contributed by atoms with Gasteiger partial charge < -0.3 is 0 Å². The Labute approximate surface area is 62.8 Å². The normalized spacial score (nSPS) is 33.0. The molecule has 0 aliphatic heterocycles. The molecule has 2 unspecified atom stereocenters. The van der Waals surface area contributed by atoms with Gasteiger partial charge in [0.25, 0.3) is 0 Å². The predicted octanol–water partition coefficient (Wildman–Crippen LogP) is 3.31. The molecule has 0 nitrogen and oxygen atoms in total. The zero-order chi connectivity index (χ0) is 7.40. The summed E-state index contributed by atoms with van der Waals surface area (Å²) in [5, 5.41) is 0. The number of hydrogen-bond donors (Lipinski definition) is 0. The first-order chi connectivity index (χ1) is 4.84. The summed E-state index contributed by atoms with van der Waals surface area (Å²) in [7, 11) is 0. The van der Waals surface area contributed by atoms with E-state index in [-0.39, 0.29) is 0 Å². The van der Waals surface area contributed by atoms with Gasteiger partial charge in [-0.3, -0.25) is 0 Å². The maximum Gasteiger partial charge on any atom is 0.103 e. The highest BCUT2D eigenvalue weighted by Crippen LogP contribution is 2.31. The fraction of sp³-hybridized carbons (Fsp3) is 1.00. The summed E-state index contributed by atoms with van der Waals surface area (Å²) in [6.45, 7) is 2.17. The van der Waals surface area contributed by atoms with Gasteiger partial charge in [0.2, 0.25) is 0 Å². The molecule has 0 aromatic heterocycles. The number of alkyl halides is 1. The summed E-state index contributed by atoms with van der Waals surface area (Å²) in [4.78, 5) is 0. The Morgan fingerprint density at radius 1 is 1.40 bits per heavy atom. The van der Waals surface area contributed by atoms with E-state index in [1.165, 1.54) is 12.8 Å². The molecule has 1 saturated carbocycles. The van der Waals surface area contributed by atoms with Crippen molar-refractivity contribution < 1.29 is 4.39 Å². The van der Waals surface area contributed by atoms with Crippen molar-refractivity contribution in [2.24, 2.45) is 5.92 Å². The molecular formula is C9H17F. The monoisotopic (exact) mass is 144 g/mol. The van der Waals surface area contributed by atoms with Gasteiger partial charge >= 0.3 is 0 Å². The van der Waals surface area contributed by atoms with Gasteiger partial charge in [0.1, 0.15) is 6.17 Å². The van der Waals surface area contributed by atoms with Crippen LogP contribution in [0.25, 0.3) is 0 Å². The zero-order valence-electron chi connectivity index (χ0n) is 6.78. The second-order valence-electron chi connectivity index (χ2n) is 3.35. The van der Waals surface area contributed by atoms with Crippen LogP contribution in [-0.4, -0.2) is 6.17 Å². The van der Waals surface area contributed by atoms with Crippen molar-refractivity contribution in [3.8, 4) is 0 Å². The average molecular weight is 144 g/mol. The van der Waals surface area contributed by atoms with Crippen LogP contribution < -0.4 is 0 Å². The average Bonchev–Trinajstić information content (AvgIpc) is 2.31. The maximum atomic E-state index is 12.9. The van der Waals surface area contributed by atoms with Crippen LogP contribution in [0.3, 0.4) is 0 Å². The molecule has 0 saturated heterocycles. The van der Waals surface area contributed by atoms with E-state index in [1.54, 1.807) is 0 Å². The van der Waals surface area contributed by atoms with Crippen LogP contribution in [-0.2, 0) is 0 Å². The molecule has 60 valence electrons. The third-order valence-corrected chi connectivity index (χ3v) is 2.49. The second kappa shape index (κ2) is 3.95. The van der Waals surface area contributed by atoms with Gasteiger partial charge in [-0.15, -0.1) is 0 Å². The Hall–Kier alpha value is -0.0700. The third-order valence-electron chi connectivity index (χ3n) is 2.49. The molecule has 0 radical (unpaired) electrons. The van der Waals surface area contributed by atoms with Gasteiger partial charge in [0, 0.05) is 0 Å². The summed E-state index contributed by atoms with van der Waals surface area (Å²) in [5.74, 6) is 0.417. The molecule has 1 aliphatic carbocycles. The summed E-state index contributed by atoms with van der Waals surface area (Å²) in [6, 6.07) is 0. The number of rotatable bonds is 3. The lowest BCUT2D eigenvalue weighted by Crippen LogP contribution is -2.07. The van der Waals surface area contributed by atoms with Crippen molar-refractivity contribution in [2.45, 2.75) is 51.6 Å². The lowest BCUT2D eigenvalue weighted by Gasteiger charge is -2.10. The Bertz CT molecular complexity index is 90.7. The van der Waals surface area contributed by atoms with E-state index in [0.717, 1.165) is 25.7 Å². The molecule has 0 heterocycles. The van der Waals surface area contributed by atoms with Crippen LogP contribution in [0.1, 0.15) is 45.4 Å². The summed E-state index contributed by atoms with van der Waals surface area (Å²) < 4.78 is 12.9. The fourth-order valence-corrected chi connectivity index (χ4v) is 1.78. The predicted molar refractivity (Wildman–Crippen MR) is 41.8 cm³/mol. The minimum Gasteiger partial charge on any atom is -0.247 e. The van der Waals surface area contributed by atoms with E-state index >= 15 is 0 Å².